The molecule has 0 amide bonds. The molecular formula is C46H33N6+. The predicted molar refractivity (Wildman–Crippen MR) is 214 cm³/mol. The van der Waals surface area contributed by atoms with Crippen LogP contribution in [0.2, 0.25) is 0 Å². The highest BCUT2D eigenvalue weighted by atomic mass is 15.2. The highest BCUT2D eigenvalue weighted by molar-refractivity contribution is 6.22. The third-order valence-corrected chi connectivity index (χ3v) is 10.1. The Morgan fingerprint density at radius 2 is 1.37 bits per heavy atom. The number of fused-ring (bicyclic) bond motifs is 6. The SMILES string of the molecule is C1=CCC(c2nc3c4ccccc4c4c(c3n2-c2cccc(-c3cccc(C5=NC(c6ccccc6)NC(c6ccccc6)=N5)c3)c2)C=[N+]=C4)C=C1. The Hall–Kier alpha value is -6.88. The lowest BCUT2D eigenvalue weighted by Crippen LogP contribution is -2.33. The van der Waals surface area contributed by atoms with E-state index in [0.717, 1.165) is 79.1 Å². The number of amidine groups is 2. The maximum Gasteiger partial charge on any atom is 0.302 e. The Labute approximate surface area is 301 Å². The number of nitrogens with zero attached hydrogens (tertiary/aromatic N) is 5. The second kappa shape index (κ2) is 12.5. The van der Waals surface area contributed by atoms with Gasteiger partial charge in [-0.05, 0) is 46.7 Å². The standard InChI is InChI=1S/C46H33N6/c1-4-14-30(15-5-1)43-49-44(31-16-6-2-7-17-31)51-45(50-43)35-22-12-20-33(26-35)34-21-13-23-36(27-34)52-42-40-29-47-28-39(40)37-24-10-11-25-38(37)41(42)48-46(52)32-18-8-3-9-19-32/h1-18,20-29,32,43H,19H2,(H,49,50,51)/q+1. The number of benzene rings is 6. The highest BCUT2D eigenvalue weighted by Crippen LogP contribution is 2.38. The lowest BCUT2D eigenvalue weighted by Gasteiger charge is -2.23. The molecule has 6 aromatic carbocycles. The van der Waals surface area contributed by atoms with Crippen molar-refractivity contribution in [2.24, 2.45) is 9.98 Å². The van der Waals surface area contributed by atoms with E-state index in [1.165, 1.54) is 5.39 Å². The van der Waals surface area contributed by atoms with Gasteiger partial charge in [0.2, 0.25) is 0 Å². The summed E-state index contributed by atoms with van der Waals surface area (Å²) >= 11 is 0. The number of hydrogen-bond donors (Lipinski definition) is 1. The second-order valence-electron chi connectivity index (χ2n) is 13.3. The first-order chi connectivity index (χ1) is 25.8. The molecule has 7 aromatic rings. The molecule has 1 aliphatic carbocycles. The molecule has 52 heavy (non-hydrogen) atoms. The summed E-state index contributed by atoms with van der Waals surface area (Å²) in [5.74, 6) is 2.67. The number of allylic oxidation sites excluding steroid dienone is 4. The smallest absolute Gasteiger partial charge is 0.302 e. The van der Waals surface area contributed by atoms with Crippen molar-refractivity contribution >= 4 is 45.9 Å². The van der Waals surface area contributed by atoms with Gasteiger partial charge in [-0.15, -0.1) is 0 Å². The Morgan fingerprint density at radius 1 is 0.654 bits per heavy atom. The van der Waals surface area contributed by atoms with E-state index in [2.05, 4.69) is 136 Å². The van der Waals surface area contributed by atoms with Crippen molar-refractivity contribution in [1.29, 1.82) is 0 Å². The summed E-state index contributed by atoms with van der Waals surface area (Å²) in [5.41, 5.74) is 10.7. The van der Waals surface area contributed by atoms with Crippen LogP contribution in [0, 0.1) is 0 Å². The molecule has 0 fully saturated rings. The van der Waals surface area contributed by atoms with Crippen molar-refractivity contribution in [1.82, 2.24) is 19.5 Å². The van der Waals surface area contributed by atoms with Gasteiger partial charge in [-0.2, -0.15) is 0 Å². The van der Waals surface area contributed by atoms with Crippen molar-refractivity contribution in [2.45, 2.75) is 18.5 Å². The number of aliphatic imine (C=N–C) groups is 2. The summed E-state index contributed by atoms with van der Waals surface area (Å²) in [5, 5.41) is 5.88. The van der Waals surface area contributed by atoms with Crippen LogP contribution in [0.25, 0.3) is 38.6 Å². The Bertz CT molecular complexity index is 2730. The Morgan fingerprint density at radius 3 is 2.19 bits per heavy atom. The topological polar surface area (TPSA) is 68.7 Å². The molecule has 3 heterocycles. The maximum atomic E-state index is 5.43. The highest BCUT2D eigenvalue weighted by Gasteiger charge is 2.29. The molecule has 2 unspecified atom stereocenters. The van der Waals surface area contributed by atoms with Gasteiger partial charge in [-0.1, -0.05) is 144 Å². The van der Waals surface area contributed by atoms with Gasteiger partial charge in [0.25, 0.3) is 0 Å². The van der Waals surface area contributed by atoms with Crippen molar-refractivity contribution in [3.63, 3.8) is 0 Å². The van der Waals surface area contributed by atoms with Gasteiger partial charge in [-0.3, -0.25) is 4.57 Å². The fourth-order valence-electron chi connectivity index (χ4n) is 7.60. The Balaban J connectivity index is 1.11. The van der Waals surface area contributed by atoms with Gasteiger partial charge in [0, 0.05) is 28.1 Å². The van der Waals surface area contributed by atoms with Gasteiger partial charge >= 0.3 is 12.4 Å². The number of rotatable bonds is 6. The van der Waals surface area contributed by atoms with Gasteiger partial charge < -0.3 is 5.32 Å². The minimum Gasteiger partial charge on any atom is -0.344 e. The lowest BCUT2D eigenvalue weighted by molar-refractivity contribution is 0.674. The second-order valence-corrected chi connectivity index (χ2v) is 13.3. The van der Waals surface area contributed by atoms with Crippen LogP contribution in [0.3, 0.4) is 0 Å². The molecule has 0 saturated carbocycles. The molecule has 6 nitrogen and oxygen atoms in total. The van der Waals surface area contributed by atoms with Gasteiger partial charge in [0.15, 0.2) is 5.84 Å². The average Bonchev–Trinajstić information content (AvgIpc) is 3.88. The number of imidazole rings is 1. The molecule has 3 aliphatic rings. The summed E-state index contributed by atoms with van der Waals surface area (Å²) in [7, 11) is 0. The van der Waals surface area contributed by atoms with Crippen LogP contribution >= 0.6 is 0 Å². The molecule has 0 bridgehead atoms. The fourth-order valence-corrected chi connectivity index (χ4v) is 7.60. The van der Waals surface area contributed by atoms with Crippen LogP contribution in [0.1, 0.15) is 52.1 Å². The molecule has 0 saturated heterocycles. The largest absolute Gasteiger partial charge is 0.344 e. The predicted octanol–water partition coefficient (Wildman–Crippen LogP) is 8.86. The van der Waals surface area contributed by atoms with Crippen LogP contribution in [0.5, 0.6) is 0 Å². The summed E-state index contributed by atoms with van der Waals surface area (Å²) in [4.78, 5) is 15.6. The van der Waals surface area contributed by atoms with Crippen LogP contribution < -0.4 is 9.98 Å². The van der Waals surface area contributed by atoms with E-state index in [0.29, 0.717) is 5.84 Å². The number of aromatic nitrogens is 2. The molecule has 6 heteroatoms. The lowest BCUT2D eigenvalue weighted by atomic mass is 9.98. The minimum atomic E-state index is -0.258. The zero-order valence-electron chi connectivity index (χ0n) is 28.3. The van der Waals surface area contributed by atoms with E-state index >= 15 is 0 Å². The maximum absolute atomic E-state index is 5.43. The van der Waals surface area contributed by atoms with Crippen molar-refractivity contribution < 1.29 is 0 Å². The summed E-state index contributed by atoms with van der Waals surface area (Å²) in [6.07, 6.45) is 13.4. The molecule has 2 aliphatic heterocycles. The van der Waals surface area contributed by atoms with Gasteiger partial charge in [-0.25, -0.2) is 15.0 Å². The normalized spacial score (nSPS) is 17.3. The first-order valence-corrected chi connectivity index (χ1v) is 17.7. The van der Waals surface area contributed by atoms with Crippen molar-refractivity contribution in [3.8, 4) is 16.8 Å². The molecule has 0 radical (unpaired) electrons. The van der Waals surface area contributed by atoms with Gasteiger partial charge in [0.1, 0.15) is 17.8 Å². The molecule has 0 spiro atoms. The van der Waals surface area contributed by atoms with E-state index in [1.807, 2.05) is 48.8 Å². The summed E-state index contributed by atoms with van der Waals surface area (Å²) < 4.78 is 7.00. The molecule has 1 aromatic heterocycles. The fraction of sp³-hybridized carbons (Fsp3) is 0.0652. The average molecular weight is 670 g/mol. The molecule has 1 N–H and O–H groups in total. The zero-order valence-corrected chi connectivity index (χ0v) is 28.3. The van der Waals surface area contributed by atoms with E-state index in [1.54, 1.807) is 0 Å². The third-order valence-electron chi connectivity index (χ3n) is 10.1. The first-order valence-electron chi connectivity index (χ1n) is 17.7. The molecular weight excluding hydrogens is 637 g/mol. The summed E-state index contributed by atoms with van der Waals surface area (Å²) in [6.45, 7) is 0. The monoisotopic (exact) mass is 669 g/mol. The van der Waals surface area contributed by atoms with Crippen LogP contribution in [0.4, 0.5) is 0 Å². The van der Waals surface area contributed by atoms with Crippen molar-refractivity contribution in [3.05, 3.63) is 191 Å². The van der Waals surface area contributed by atoms with Crippen LogP contribution in [-0.2, 0) is 0 Å². The van der Waals surface area contributed by atoms with E-state index in [9.17, 15) is 0 Å². The van der Waals surface area contributed by atoms with Crippen molar-refractivity contribution in [2.75, 3.05) is 0 Å². The number of hydrogen-bond acceptors (Lipinski definition) is 4. The van der Waals surface area contributed by atoms with Crippen LogP contribution in [0.15, 0.2) is 168 Å². The van der Waals surface area contributed by atoms with E-state index in [-0.39, 0.29) is 12.1 Å². The summed E-state index contributed by atoms with van der Waals surface area (Å²) in [6, 6.07) is 46.5. The first kappa shape index (κ1) is 30.0. The molecule has 10 rings (SSSR count). The molecule has 2 atom stereocenters. The minimum absolute atomic E-state index is 0.147. The number of nitrogens with one attached hydrogen (secondary N) is 1. The van der Waals surface area contributed by atoms with E-state index < -0.39 is 0 Å². The third kappa shape index (κ3) is 5.13. The Kier molecular flexibility index (Phi) is 7.19. The quantitative estimate of drug-likeness (QED) is 0.180. The van der Waals surface area contributed by atoms with Gasteiger partial charge in [0.05, 0.1) is 22.2 Å². The zero-order chi connectivity index (χ0) is 34.4. The molecule has 246 valence electrons. The van der Waals surface area contributed by atoms with Crippen LogP contribution in [-0.4, -0.2) is 33.7 Å². The van der Waals surface area contributed by atoms with E-state index in [4.69, 9.17) is 15.0 Å².